The van der Waals surface area contributed by atoms with Crippen molar-refractivity contribution in [2.75, 3.05) is 40.0 Å². The number of nitriles is 1. The second-order valence-electron chi connectivity index (χ2n) is 9.01. The van der Waals surface area contributed by atoms with Crippen LogP contribution in [-0.4, -0.2) is 77.7 Å². The number of pyridine rings is 1. The minimum absolute atomic E-state index is 0.317. The summed E-state index contributed by atoms with van der Waals surface area (Å²) in [6.45, 7) is 3.82. The molecule has 4 atom stereocenters. The molecule has 156 valence electrons. The molecule has 0 unspecified atom stereocenters. The van der Waals surface area contributed by atoms with Crippen LogP contribution in [0.1, 0.15) is 36.9 Å². The number of carbonyl (C=O) groups is 1. The maximum absolute atomic E-state index is 12.8. The highest BCUT2D eigenvalue weighted by molar-refractivity contribution is 7.98. The first kappa shape index (κ1) is 20.6. The number of carbonyl (C=O) groups excluding carboxylic acids is 1. The lowest BCUT2D eigenvalue weighted by atomic mass is 9.72. The third kappa shape index (κ3) is 4.16. The first-order chi connectivity index (χ1) is 14.0. The maximum atomic E-state index is 12.8. The summed E-state index contributed by atoms with van der Waals surface area (Å²) < 4.78 is 0. The highest BCUT2D eigenvalue weighted by Crippen LogP contribution is 2.42. The number of nitrogens with zero attached hydrogens (tertiary/aromatic N) is 5. The Balaban J connectivity index is 1.54. The van der Waals surface area contributed by atoms with E-state index >= 15 is 0 Å². The number of hydrogen-bond donors (Lipinski definition) is 0. The van der Waals surface area contributed by atoms with Crippen molar-refractivity contribution >= 4 is 17.7 Å². The molecule has 0 N–H and O–H groups in total. The zero-order chi connectivity index (χ0) is 20.5. The third-order valence-corrected chi connectivity index (χ3v) is 7.44. The number of thioether (sulfide) groups is 1. The summed E-state index contributed by atoms with van der Waals surface area (Å²) in [5.41, 5.74) is 1.69. The van der Waals surface area contributed by atoms with Gasteiger partial charge in [-0.3, -0.25) is 9.69 Å². The molecular formula is C22H31N5OS. The number of fused-ring (bicyclic) bond motifs is 4. The molecule has 0 radical (unpaired) electrons. The van der Waals surface area contributed by atoms with Gasteiger partial charge in [-0.1, -0.05) is 0 Å². The lowest BCUT2D eigenvalue weighted by molar-refractivity contribution is -0.153. The van der Waals surface area contributed by atoms with E-state index in [0.29, 0.717) is 35.4 Å². The Hall–Kier alpha value is -1.62. The van der Waals surface area contributed by atoms with Crippen LogP contribution in [0, 0.1) is 23.2 Å². The summed E-state index contributed by atoms with van der Waals surface area (Å²) in [6, 6.07) is 6.84. The van der Waals surface area contributed by atoms with Crippen LogP contribution in [0.5, 0.6) is 0 Å². The van der Waals surface area contributed by atoms with E-state index in [2.05, 4.69) is 34.9 Å². The SMILES string of the molecule is CSc1nc(CN2C[C@H]3C[C@@H](C2)[C@H](CN(C)C)N2C(=O)CCC[C@@H]32)ccc1C#N. The smallest absolute Gasteiger partial charge is 0.223 e. The number of likely N-dealkylation sites (tertiary alicyclic amines) is 1. The molecule has 0 saturated carbocycles. The van der Waals surface area contributed by atoms with E-state index in [1.165, 1.54) is 18.2 Å². The highest BCUT2D eigenvalue weighted by atomic mass is 32.2. The minimum Gasteiger partial charge on any atom is -0.335 e. The van der Waals surface area contributed by atoms with Gasteiger partial charge in [0.2, 0.25) is 5.91 Å². The van der Waals surface area contributed by atoms with Crippen LogP contribution in [0.3, 0.4) is 0 Å². The molecule has 1 aromatic rings. The normalized spacial score (nSPS) is 29.6. The van der Waals surface area contributed by atoms with Crippen LogP contribution in [-0.2, 0) is 11.3 Å². The van der Waals surface area contributed by atoms with Gasteiger partial charge in [-0.15, -0.1) is 11.8 Å². The Morgan fingerprint density at radius 2 is 2.10 bits per heavy atom. The second-order valence-corrected chi connectivity index (χ2v) is 9.81. The number of rotatable bonds is 5. The van der Waals surface area contributed by atoms with E-state index in [1.807, 2.05) is 18.4 Å². The van der Waals surface area contributed by atoms with E-state index in [1.54, 1.807) is 0 Å². The molecule has 3 saturated heterocycles. The van der Waals surface area contributed by atoms with Gasteiger partial charge in [0, 0.05) is 44.7 Å². The Morgan fingerprint density at radius 1 is 1.31 bits per heavy atom. The molecule has 0 aliphatic carbocycles. The molecule has 6 nitrogen and oxygen atoms in total. The lowest BCUT2D eigenvalue weighted by Crippen LogP contribution is -2.66. The molecule has 0 spiro atoms. The minimum atomic E-state index is 0.317. The number of amides is 1. The van der Waals surface area contributed by atoms with Crippen molar-refractivity contribution in [2.24, 2.45) is 11.8 Å². The van der Waals surface area contributed by atoms with Crippen LogP contribution in [0.15, 0.2) is 17.2 Å². The van der Waals surface area contributed by atoms with Crippen LogP contribution in [0.4, 0.5) is 0 Å². The molecule has 3 aliphatic heterocycles. The zero-order valence-corrected chi connectivity index (χ0v) is 18.5. The van der Waals surface area contributed by atoms with Gasteiger partial charge in [0.25, 0.3) is 0 Å². The number of aromatic nitrogens is 1. The molecule has 4 heterocycles. The zero-order valence-electron chi connectivity index (χ0n) is 17.7. The number of likely N-dealkylation sites (N-methyl/N-ethyl adjacent to an activating group) is 1. The van der Waals surface area contributed by atoms with Gasteiger partial charge in [-0.2, -0.15) is 5.26 Å². The fourth-order valence-corrected chi connectivity index (χ4v) is 6.19. The molecule has 1 amide bonds. The first-order valence-corrected chi connectivity index (χ1v) is 11.8. The van der Waals surface area contributed by atoms with Gasteiger partial charge in [0.15, 0.2) is 0 Å². The second kappa shape index (κ2) is 8.63. The van der Waals surface area contributed by atoms with E-state index in [0.717, 1.165) is 56.2 Å². The summed E-state index contributed by atoms with van der Waals surface area (Å²) in [7, 11) is 4.22. The Morgan fingerprint density at radius 3 is 2.83 bits per heavy atom. The Labute approximate surface area is 178 Å². The average Bonchev–Trinajstić information content (AvgIpc) is 2.71. The molecule has 4 rings (SSSR count). The molecule has 7 heteroatoms. The van der Waals surface area contributed by atoms with E-state index < -0.39 is 0 Å². The Bertz CT molecular complexity index is 807. The first-order valence-electron chi connectivity index (χ1n) is 10.6. The summed E-state index contributed by atoms with van der Waals surface area (Å²) in [4.78, 5) is 24.6. The topological polar surface area (TPSA) is 63.5 Å². The predicted molar refractivity (Wildman–Crippen MR) is 114 cm³/mol. The highest BCUT2D eigenvalue weighted by Gasteiger charge is 2.49. The van der Waals surface area contributed by atoms with E-state index in [-0.39, 0.29) is 0 Å². The summed E-state index contributed by atoms with van der Waals surface area (Å²) in [5.74, 6) is 1.46. The molecule has 3 aliphatic rings. The summed E-state index contributed by atoms with van der Waals surface area (Å²) in [6.07, 6.45) is 6.10. The monoisotopic (exact) mass is 413 g/mol. The maximum Gasteiger partial charge on any atom is 0.223 e. The predicted octanol–water partition coefficient (Wildman–Crippen LogP) is 2.44. The summed E-state index contributed by atoms with van der Waals surface area (Å²) in [5, 5.41) is 10.1. The molecule has 1 aromatic heterocycles. The van der Waals surface area contributed by atoms with Crippen LogP contribution < -0.4 is 0 Å². The van der Waals surface area contributed by atoms with Crippen molar-refractivity contribution in [1.29, 1.82) is 5.26 Å². The van der Waals surface area contributed by atoms with Crippen molar-refractivity contribution in [1.82, 2.24) is 19.7 Å². The molecule has 3 fully saturated rings. The van der Waals surface area contributed by atoms with Crippen molar-refractivity contribution in [3.8, 4) is 6.07 Å². The van der Waals surface area contributed by atoms with Crippen molar-refractivity contribution in [3.05, 3.63) is 23.4 Å². The van der Waals surface area contributed by atoms with Crippen molar-refractivity contribution < 1.29 is 4.79 Å². The Kier molecular flexibility index (Phi) is 6.14. The van der Waals surface area contributed by atoms with E-state index in [9.17, 15) is 10.1 Å². The van der Waals surface area contributed by atoms with Gasteiger partial charge >= 0.3 is 0 Å². The molecule has 29 heavy (non-hydrogen) atoms. The number of piperidine rings is 3. The standard InChI is InChI=1S/C22H31N5OS/c1-25(2)14-20-17-9-16(19-5-4-6-21(28)27(19)20)11-26(12-17)13-18-8-7-15(10-23)22(24-18)29-3/h7-8,16-17,19-20H,4-6,9,11-14H2,1-3H3/t16-,17+,19+,20+/m1/s1. The quantitative estimate of drug-likeness (QED) is 0.691. The summed E-state index contributed by atoms with van der Waals surface area (Å²) >= 11 is 1.53. The average molecular weight is 414 g/mol. The number of hydrogen-bond acceptors (Lipinski definition) is 6. The van der Waals surface area contributed by atoms with Crippen molar-refractivity contribution in [3.63, 3.8) is 0 Å². The molecular weight excluding hydrogens is 382 g/mol. The van der Waals surface area contributed by atoms with Gasteiger partial charge in [0.1, 0.15) is 11.1 Å². The van der Waals surface area contributed by atoms with E-state index in [4.69, 9.17) is 4.98 Å². The fraction of sp³-hybridized carbons (Fsp3) is 0.682. The largest absolute Gasteiger partial charge is 0.335 e. The van der Waals surface area contributed by atoms with Gasteiger partial charge in [-0.25, -0.2) is 4.98 Å². The van der Waals surface area contributed by atoms with Gasteiger partial charge < -0.3 is 9.80 Å². The van der Waals surface area contributed by atoms with Crippen LogP contribution >= 0.6 is 11.8 Å². The lowest BCUT2D eigenvalue weighted by Gasteiger charge is -2.57. The fourth-order valence-electron chi connectivity index (χ4n) is 5.65. The molecule has 0 aromatic carbocycles. The molecule has 2 bridgehead atoms. The third-order valence-electron chi connectivity index (χ3n) is 6.74. The van der Waals surface area contributed by atoms with Gasteiger partial charge in [-0.05, 0) is 63.6 Å². The van der Waals surface area contributed by atoms with Crippen LogP contribution in [0.2, 0.25) is 0 Å². The van der Waals surface area contributed by atoms with Crippen LogP contribution in [0.25, 0.3) is 0 Å². The van der Waals surface area contributed by atoms with Gasteiger partial charge in [0.05, 0.1) is 11.3 Å². The van der Waals surface area contributed by atoms with Crippen molar-refractivity contribution in [2.45, 2.75) is 49.3 Å².